The monoisotopic (exact) mass is 232 g/mol. The normalized spacial score (nSPS) is 30.2. The van der Waals surface area contributed by atoms with E-state index in [-0.39, 0.29) is 6.54 Å². The van der Waals surface area contributed by atoms with E-state index < -0.39 is 23.4 Å². The van der Waals surface area contributed by atoms with Crippen LogP contribution in [-0.2, 0) is 4.74 Å². The lowest BCUT2D eigenvalue weighted by atomic mass is 9.98. The molecule has 1 fully saturated rings. The highest BCUT2D eigenvalue weighted by atomic mass is 19.1. The first kappa shape index (κ1) is 13.2. The first-order valence-corrected chi connectivity index (χ1v) is 5.48. The van der Waals surface area contributed by atoms with Crippen molar-refractivity contribution in [1.29, 1.82) is 0 Å². The third-order valence-corrected chi connectivity index (χ3v) is 2.91. The number of carbonyl (C=O) groups is 1. The summed E-state index contributed by atoms with van der Waals surface area (Å²) >= 11 is 0. The molecule has 0 saturated carbocycles. The van der Waals surface area contributed by atoms with Crippen molar-refractivity contribution >= 4 is 6.09 Å². The van der Waals surface area contributed by atoms with Crippen molar-refractivity contribution in [3.8, 4) is 0 Å². The fourth-order valence-electron chi connectivity index (χ4n) is 1.65. The van der Waals surface area contributed by atoms with Crippen LogP contribution in [0.15, 0.2) is 0 Å². The Kier molecular flexibility index (Phi) is 3.47. The molecule has 4 nitrogen and oxygen atoms in total. The molecule has 0 aromatic carbocycles. The quantitative estimate of drug-likeness (QED) is 0.746. The Balaban J connectivity index is 2.70. The van der Waals surface area contributed by atoms with Crippen molar-refractivity contribution in [2.75, 3.05) is 20.1 Å². The number of nitrogens with zero attached hydrogens (tertiary/aromatic N) is 1. The van der Waals surface area contributed by atoms with Crippen LogP contribution in [0.3, 0.4) is 0 Å². The Morgan fingerprint density at radius 1 is 1.56 bits per heavy atom. The van der Waals surface area contributed by atoms with Gasteiger partial charge in [-0.05, 0) is 27.7 Å². The third-order valence-electron chi connectivity index (χ3n) is 2.91. The number of alkyl halides is 1. The van der Waals surface area contributed by atoms with E-state index in [0.29, 0.717) is 6.54 Å². The fourth-order valence-corrected chi connectivity index (χ4v) is 1.65. The predicted molar refractivity (Wildman–Crippen MR) is 60.2 cm³/mol. The SMILES string of the molecule is CN(C(=O)OC(C)(C)C)[C@]1(C)CNCC1F. The molecule has 16 heavy (non-hydrogen) atoms. The van der Waals surface area contributed by atoms with E-state index in [0.717, 1.165) is 0 Å². The highest BCUT2D eigenvalue weighted by Crippen LogP contribution is 2.26. The molecule has 0 aromatic heterocycles. The van der Waals surface area contributed by atoms with Gasteiger partial charge >= 0.3 is 6.09 Å². The van der Waals surface area contributed by atoms with Crippen LogP contribution in [0.4, 0.5) is 9.18 Å². The van der Waals surface area contributed by atoms with Crippen molar-refractivity contribution in [2.45, 2.75) is 45.0 Å². The molecule has 5 heteroatoms. The second-order valence-corrected chi connectivity index (χ2v) is 5.49. The van der Waals surface area contributed by atoms with Gasteiger partial charge in [0.05, 0.1) is 5.54 Å². The van der Waals surface area contributed by atoms with E-state index in [2.05, 4.69) is 5.32 Å². The van der Waals surface area contributed by atoms with E-state index in [1.807, 2.05) is 0 Å². The fraction of sp³-hybridized carbons (Fsp3) is 0.909. The average Bonchev–Trinajstić information content (AvgIpc) is 2.44. The molecule has 1 N–H and O–H groups in total. The first-order valence-electron chi connectivity index (χ1n) is 5.48. The summed E-state index contributed by atoms with van der Waals surface area (Å²) in [5, 5.41) is 2.94. The molecular formula is C11H21FN2O2. The van der Waals surface area contributed by atoms with Gasteiger partial charge in [0.15, 0.2) is 0 Å². The number of rotatable bonds is 1. The van der Waals surface area contributed by atoms with Crippen molar-refractivity contribution < 1.29 is 13.9 Å². The Hall–Kier alpha value is -0.840. The molecule has 1 aliphatic rings. The van der Waals surface area contributed by atoms with Gasteiger partial charge in [0.25, 0.3) is 0 Å². The maximum Gasteiger partial charge on any atom is 0.410 e. The van der Waals surface area contributed by atoms with Crippen molar-refractivity contribution in [2.24, 2.45) is 0 Å². The van der Waals surface area contributed by atoms with Gasteiger partial charge in [0, 0.05) is 20.1 Å². The zero-order chi connectivity index (χ0) is 12.6. The van der Waals surface area contributed by atoms with E-state index in [1.165, 1.54) is 4.90 Å². The Labute approximate surface area is 96.1 Å². The van der Waals surface area contributed by atoms with Gasteiger partial charge in [-0.2, -0.15) is 0 Å². The average molecular weight is 232 g/mol. The van der Waals surface area contributed by atoms with Crippen LogP contribution >= 0.6 is 0 Å². The minimum atomic E-state index is -1.06. The van der Waals surface area contributed by atoms with Crippen LogP contribution in [0.2, 0.25) is 0 Å². The summed E-state index contributed by atoms with van der Waals surface area (Å²) in [6, 6.07) is 0. The molecule has 1 amide bonds. The first-order chi connectivity index (χ1) is 7.17. The summed E-state index contributed by atoms with van der Waals surface area (Å²) in [6.45, 7) is 7.83. The van der Waals surface area contributed by atoms with Gasteiger partial charge in [-0.15, -0.1) is 0 Å². The second-order valence-electron chi connectivity index (χ2n) is 5.49. The summed E-state index contributed by atoms with van der Waals surface area (Å²) in [4.78, 5) is 13.2. The summed E-state index contributed by atoms with van der Waals surface area (Å²) in [5.74, 6) is 0. The minimum absolute atomic E-state index is 0.281. The van der Waals surface area contributed by atoms with Gasteiger partial charge in [-0.1, -0.05) is 0 Å². The number of halogens is 1. The lowest BCUT2D eigenvalue weighted by molar-refractivity contribution is -0.000326. The third kappa shape index (κ3) is 2.64. The molecule has 0 radical (unpaired) electrons. The molecule has 1 aliphatic heterocycles. The predicted octanol–water partition coefficient (Wildman–Crippen LogP) is 1.55. The van der Waals surface area contributed by atoms with E-state index >= 15 is 0 Å². The largest absolute Gasteiger partial charge is 0.444 e. The number of nitrogens with one attached hydrogen (secondary N) is 1. The van der Waals surface area contributed by atoms with Crippen LogP contribution in [0.25, 0.3) is 0 Å². The van der Waals surface area contributed by atoms with Gasteiger partial charge in [-0.25, -0.2) is 9.18 Å². The molecule has 94 valence electrons. The number of amides is 1. The van der Waals surface area contributed by atoms with E-state index in [4.69, 9.17) is 4.74 Å². The molecule has 0 bridgehead atoms. The molecule has 0 aromatic rings. The number of hydrogen-bond donors (Lipinski definition) is 1. The van der Waals surface area contributed by atoms with Gasteiger partial charge in [0.2, 0.25) is 0 Å². The molecule has 1 unspecified atom stereocenters. The van der Waals surface area contributed by atoms with Crippen LogP contribution in [-0.4, -0.2) is 48.4 Å². The Morgan fingerprint density at radius 3 is 2.50 bits per heavy atom. The highest BCUT2D eigenvalue weighted by Gasteiger charge is 2.45. The van der Waals surface area contributed by atoms with Gasteiger partial charge in [0.1, 0.15) is 11.8 Å². The lowest BCUT2D eigenvalue weighted by Crippen LogP contribution is -2.55. The molecule has 1 heterocycles. The second kappa shape index (κ2) is 4.20. The van der Waals surface area contributed by atoms with Crippen molar-refractivity contribution in [3.63, 3.8) is 0 Å². The molecule has 1 rings (SSSR count). The maximum absolute atomic E-state index is 13.7. The zero-order valence-electron chi connectivity index (χ0n) is 10.6. The smallest absolute Gasteiger partial charge is 0.410 e. The van der Waals surface area contributed by atoms with Crippen LogP contribution in [0.1, 0.15) is 27.7 Å². The van der Waals surface area contributed by atoms with Gasteiger partial charge in [-0.3, -0.25) is 0 Å². The minimum Gasteiger partial charge on any atom is -0.444 e. The topological polar surface area (TPSA) is 41.6 Å². The number of carbonyl (C=O) groups excluding carboxylic acids is 1. The van der Waals surface area contributed by atoms with Crippen LogP contribution in [0, 0.1) is 0 Å². The van der Waals surface area contributed by atoms with E-state index in [1.54, 1.807) is 34.7 Å². The molecule has 2 atom stereocenters. The Bertz CT molecular complexity index is 278. The summed E-state index contributed by atoms with van der Waals surface area (Å²) in [7, 11) is 1.58. The lowest BCUT2D eigenvalue weighted by Gasteiger charge is -2.37. The summed E-state index contributed by atoms with van der Waals surface area (Å²) < 4.78 is 18.9. The maximum atomic E-state index is 13.7. The molecule has 0 aliphatic carbocycles. The standard InChI is InChI=1S/C11H21FN2O2/c1-10(2,3)16-9(15)14(5)11(4)7-13-6-8(11)12/h8,13H,6-7H2,1-5H3/t8?,11-/m1/s1. The van der Waals surface area contributed by atoms with Crippen molar-refractivity contribution in [3.05, 3.63) is 0 Å². The van der Waals surface area contributed by atoms with Gasteiger partial charge < -0.3 is 15.0 Å². The van der Waals surface area contributed by atoms with E-state index in [9.17, 15) is 9.18 Å². The number of ether oxygens (including phenoxy) is 1. The van der Waals surface area contributed by atoms with Crippen LogP contribution in [0.5, 0.6) is 0 Å². The Morgan fingerprint density at radius 2 is 2.12 bits per heavy atom. The highest BCUT2D eigenvalue weighted by molar-refractivity contribution is 5.69. The number of hydrogen-bond acceptors (Lipinski definition) is 3. The number of likely N-dealkylation sites (N-methyl/N-ethyl adjacent to an activating group) is 1. The molecular weight excluding hydrogens is 211 g/mol. The van der Waals surface area contributed by atoms with Crippen LogP contribution < -0.4 is 5.32 Å². The van der Waals surface area contributed by atoms with Crippen molar-refractivity contribution in [1.82, 2.24) is 10.2 Å². The zero-order valence-corrected chi connectivity index (χ0v) is 10.6. The molecule has 1 saturated heterocycles. The molecule has 0 spiro atoms. The summed E-state index contributed by atoms with van der Waals surface area (Å²) in [5.41, 5.74) is -1.37. The summed E-state index contributed by atoms with van der Waals surface area (Å²) in [6.07, 6.45) is -1.55.